The topological polar surface area (TPSA) is 24.9 Å². The summed E-state index contributed by atoms with van der Waals surface area (Å²) in [6.07, 6.45) is 1.21. The summed E-state index contributed by atoms with van der Waals surface area (Å²) in [7, 11) is 0. The Balaban J connectivity index is 1.92. The largest absolute Gasteiger partial charge is 0.316 e. The first-order valence-corrected chi connectivity index (χ1v) is 7.43. The van der Waals surface area contributed by atoms with Crippen molar-refractivity contribution in [1.82, 2.24) is 10.3 Å². The van der Waals surface area contributed by atoms with Gasteiger partial charge in [0, 0.05) is 27.9 Å². The lowest BCUT2D eigenvalue weighted by atomic mass is 10.1. The van der Waals surface area contributed by atoms with Gasteiger partial charge >= 0.3 is 0 Å². The highest BCUT2D eigenvalue weighted by Gasteiger charge is 2.20. The van der Waals surface area contributed by atoms with Crippen molar-refractivity contribution in [3.63, 3.8) is 0 Å². The zero-order valence-electron chi connectivity index (χ0n) is 9.32. The van der Waals surface area contributed by atoms with E-state index in [-0.39, 0.29) is 0 Å². The molecule has 0 radical (unpaired) electrons. The van der Waals surface area contributed by atoms with Gasteiger partial charge in [-0.1, -0.05) is 34.1 Å². The van der Waals surface area contributed by atoms with Crippen molar-refractivity contribution in [2.75, 3.05) is 13.1 Å². The molecule has 2 nitrogen and oxygen atoms in total. The Bertz CT molecular complexity index is 518. The van der Waals surface area contributed by atoms with Crippen molar-refractivity contribution in [2.45, 2.75) is 12.3 Å². The van der Waals surface area contributed by atoms with Crippen LogP contribution >= 0.6 is 27.3 Å². The van der Waals surface area contributed by atoms with Gasteiger partial charge in [-0.25, -0.2) is 4.98 Å². The van der Waals surface area contributed by atoms with Crippen LogP contribution in [-0.2, 0) is 0 Å². The maximum absolute atomic E-state index is 4.77. The minimum absolute atomic E-state index is 0.608. The minimum Gasteiger partial charge on any atom is -0.316 e. The number of nitrogens with zero attached hydrogens (tertiary/aromatic N) is 1. The highest BCUT2D eigenvalue weighted by atomic mass is 79.9. The van der Waals surface area contributed by atoms with Crippen LogP contribution in [-0.4, -0.2) is 18.1 Å². The number of halogens is 1. The molecule has 4 heteroatoms. The molecular weight excluding hydrogens is 296 g/mol. The molecule has 0 aliphatic carbocycles. The summed E-state index contributed by atoms with van der Waals surface area (Å²) in [5.41, 5.74) is 2.27. The van der Waals surface area contributed by atoms with Crippen molar-refractivity contribution in [3.8, 4) is 11.3 Å². The number of hydrogen-bond acceptors (Lipinski definition) is 3. The van der Waals surface area contributed by atoms with E-state index in [1.54, 1.807) is 11.3 Å². The molecule has 1 aliphatic rings. The van der Waals surface area contributed by atoms with Gasteiger partial charge in [-0.05, 0) is 19.0 Å². The summed E-state index contributed by atoms with van der Waals surface area (Å²) in [4.78, 5) is 4.77. The molecule has 1 aromatic heterocycles. The zero-order chi connectivity index (χ0) is 11.7. The summed E-state index contributed by atoms with van der Waals surface area (Å²) in [6, 6.07) is 8.25. The van der Waals surface area contributed by atoms with Crippen molar-refractivity contribution in [1.29, 1.82) is 0 Å². The van der Waals surface area contributed by atoms with Gasteiger partial charge in [-0.2, -0.15) is 0 Å². The van der Waals surface area contributed by atoms with E-state index in [9.17, 15) is 0 Å². The SMILES string of the molecule is Brc1ccccc1-c1csc(C2CCNC2)n1. The van der Waals surface area contributed by atoms with Gasteiger partial charge in [-0.15, -0.1) is 11.3 Å². The molecule has 1 atom stereocenters. The highest BCUT2D eigenvalue weighted by Crippen LogP contribution is 2.32. The molecule has 1 fully saturated rings. The predicted octanol–water partition coefficient (Wildman–Crippen LogP) is 3.65. The fraction of sp³-hybridized carbons (Fsp3) is 0.308. The van der Waals surface area contributed by atoms with Gasteiger partial charge in [-0.3, -0.25) is 0 Å². The van der Waals surface area contributed by atoms with Gasteiger partial charge in [0.15, 0.2) is 0 Å². The lowest BCUT2D eigenvalue weighted by Gasteiger charge is -2.03. The number of benzene rings is 1. The summed E-state index contributed by atoms with van der Waals surface area (Å²) < 4.78 is 1.11. The zero-order valence-corrected chi connectivity index (χ0v) is 11.7. The molecule has 1 saturated heterocycles. The molecule has 0 bridgehead atoms. The second kappa shape index (κ2) is 4.88. The lowest BCUT2D eigenvalue weighted by Crippen LogP contribution is -2.07. The molecule has 0 amide bonds. The van der Waals surface area contributed by atoms with Crippen molar-refractivity contribution < 1.29 is 0 Å². The fourth-order valence-electron chi connectivity index (χ4n) is 2.13. The number of hydrogen-bond donors (Lipinski definition) is 1. The molecule has 88 valence electrons. The van der Waals surface area contributed by atoms with E-state index >= 15 is 0 Å². The predicted molar refractivity (Wildman–Crippen MR) is 75.5 cm³/mol. The van der Waals surface area contributed by atoms with Crippen LogP contribution in [0.25, 0.3) is 11.3 Å². The molecule has 17 heavy (non-hydrogen) atoms. The van der Waals surface area contributed by atoms with Crippen LogP contribution in [0.1, 0.15) is 17.3 Å². The first-order valence-electron chi connectivity index (χ1n) is 5.75. The van der Waals surface area contributed by atoms with Crippen LogP contribution < -0.4 is 5.32 Å². The summed E-state index contributed by atoms with van der Waals surface area (Å²) in [5, 5.41) is 6.81. The van der Waals surface area contributed by atoms with E-state index in [1.807, 2.05) is 6.07 Å². The third kappa shape index (κ3) is 2.30. The molecular formula is C13H13BrN2S. The van der Waals surface area contributed by atoms with Crippen molar-refractivity contribution in [2.24, 2.45) is 0 Å². The second-order valence-electron chi connectivity index (χ2n) is 4.24. The van der Waals surface area contributed by atoms with Gasteiger partial charge < -0.3 is 5.32 Å². The Labute approximate surface area is 113 Å². The molecule has 2 heterocycles. The van der Waals surface area contributed by atoms with Crippen LogP contribution in [0.4, 0.5) is 0 Å². The number of nitrogens with one attached hydrogen (secondary N) is 1. The van der Waals surface area contributed by atoms with E-state index in [0.29, 0.717) is 5.92 Å². The number of thiazole rings is 1. The standard InChI is InChI=1S/C13H13BrN2S/c14-11-4-2-1-3-10(11)12-8-17-13(16-12)9-5-6-15-7-9/h1-4,8-9,15H,5-7H2. The van der Waals surface area contributed by atoms with Crippen molar-refractivity contribution in [3.05, 3.63) is 39.1 Å². The van der Waals surface area contributed by atoms with Gasteiger partial charge in [0.2, 0.25) is 0 Å². The lowest BCUT2D eigenvalue weighted by molar-refractivity contribution is 0.756. The van der Waals surface area contributed by atoms with Crippen LogP contribution in [0.15, 0.2) is 34.1 Å². The summed E-state index contributed by atoms with van der Waals surface area (Å²) in [6.45, 7) is 2.19. The van der Waals surface area contributed by atoms with Crippen LogP contribution in [0.5, 0.6) is 0 Å². The number of rotatable bonds is 2. The van der Waals surface area contributed by atoms with Gasteiger partial charge in [0.05, 0.1) is 10.7 Å². The molecule has 0 saturated carbocycles. The summed E-state index contributed by atoms with van der Waals surface area (Å²) >= 11 is 5.36. The molecule has 1 aliphatic heterocycles. The molecule has 2 aromatic rings. The van der Waals surface area contributed by atoms with Gasteiger partial charge in [0.25, 0.3) is 0 Å². The average Bonchev–Trinajstić information content (AvgIpc) is 3.00. The Morgan fingerprint density at radius 3 is 3.00 bits per heavy atom. The monoisotopic (exact) mass is 308 g/mol. The van der Waals surface area contributed by atoms with E-state index in [0.717, 1.165) is 23.3 Å². The third-order valence-electron chi connectivity index (χ3n) is 3.08. The molecule has 1 aromatic carbocycles. The fourth-order valence-corrected chi connectivity index (χ4v) is 3.58. The number of aromatic nitrogens is 1. The van der Waals surface area contributed by atoms with Crippen molar-refractivity contribution >= 4 is 27.3 Å². The Morgan fingerprint density at radius 2 is 2.24 bits per heavy atom. The van der Waals surface area contributed by atoms with E-state index in [4.69, 9.17) is 4.98 Å². The maximum atomic E-state index is 4.77. The van der Waals surface area contributed by atoms with Crippen LogP contribution in [0.3, 0.4) is 0 Å². The Hall–Kier alpha value is -0.710. The highest BCUT2D eigenvalue weighted by molar-refractivity contribution is 9.10. The molecule has 1 N–H and O–H groups in total. The maximum Gasteiger partial charge on any atom is 0.0976 e. The van der Waals surface area contributed by atoms with E-state index in [1.165, 1.54) is 17.0 Å². The molecule has 0 spiro atoms. The third-order valence-corrected chi connectivity index (χ3v) is 4.78. The molecule has 3 rings (SSSR count). The smallest absolute Gasteiger partial charge is 0.0976 e. The first-order chi connectivity index (χ1) is 8.34. The normalized spacial score (nSPS) is 19.7. The summed E-state index contributed by atoms with van der Waals surface area (Å²) in [5.74, 6) is 0.608. The Kier molecular flexibility index (Phi) is 3.27. The minimum atomic E-state index is 0.608. The molecule has 1 unspecified atom stereocenters. The first kappa shape index (κ1) is 11.4. The quantitative estimate of drug-likeness (QED) is 0.916. The van der Waals surface area contributed by atoms with Gasteiger partial charge in [0.1, 0.15) is 0 Å². The average molecular weight is 309 g/mol. The Morgan fingerprint density at radius 1 is 1.35 bits per heavy atom. The van der Waals surface area contributed by atoms with Crippen LogP contribution in [0.2, 0.25) is 0 Å². The second-order valence-corrected chi connectivity index (χ2v) is 5.98. The van der Waals surface area contributed by atoms with E-state index < -0.39 is 0 Å². The van der Waals surface area contributed by atoms with E-state index in [2.05, 4.69) is 44.8 Å². The van der Waals surface area contributed by atoms with Crippen LogP contribution in [0, 0.1) is 0 Å².